The van der Waals surface area contributed by atoms with E-state index >= 15 is 0 Å². The summed E-state index contributed by atoms with van der Waals surface area (Å²) in [6, 6.07) is 10.9. The number of hydrogen-bond acceptors (Lipinski definition) is 7. The molecule has 1 heterocycles. The molecule has 1 aliphatic heterocycles. The fourth-order valence-electron chi connectivity index (χ4n) is 3.88. The van der Waals surface area contributed by atoms with Crippen molar-refractivity contribution >= 4 is 29.1 Å². The standard InChI is InChI=1S/C24H24N2O8/c1-34-18-12-8-15(9-13-18)21-20(22(29)16-6-10-17(11-7-16)26(32)33)23(30)24(31)25(21)14-4-2-3-5-19(27)28/h6-13,21,29H,2-5,14H2,1H3,(H,27,28). The van der Waals surface area contributed by atoms with Crippen LogP contribution in [0.4, 0.5) is 5.69 Å². The van der Waals surface area contributed by atoms with Gasteiger partial charge in [-0.1, -0.05) is 18.6 Å². The number of methoxy groups -OCH3 is 1. The van der Waals surface area contributed by atoms with Gasteiger partial charge in [0, 0.05) is 30.7 Å². The lowest BCUT2D eigenvalue weighted by molar-refractivity contribution is -0.384. The average Bonchev–Trinajstić information content (AvgIpc) is 3.08. The molecule has 10 nitrogen and oxygen atoms in total. The van der Waals surface area contributed by atoms with Gasteiger partial charge in [-0.25, -0.2) is 0 Å². The number of carboxylic acid groups (broad SMARTS) is 1. The van der Waals surface area contributed by atoms with Gasteiger partial charge in [0.2, 0.25) is 0 Å². The van der Waals surface area contributed by atoms with E-state index in [-0.39, 0.29) is 29.8 Å². The second-order valence-corrected chi connectivity index (χ2v) is 7.77. The van der Waals surface area contributed by atoms with E-state index in [2.05, 4.69) is 0 Å². The Kier molecular flexibility index (Phi) is 7.62. The summed E-state index contributed by atoms with van der Waals surface area (Å²) in [5.74, 6) is -2.39. The molecule has 3 rings (SSSR count). The minimum Gasteiger partial charge on any atom is -0.507 e. The maximum absolute atomic E-state index is 13.0. The van der Waals surface area contributed by atoms with Gasteiger partial charge in [0.1, 0.15) is 11.5 Å². The van der Waals surface area contributed by atoms with Crippen molar-refractivity contribution in [3.63, 3.8) is 0 Å². The quantitative estimate of drug-likeness (QED) is 0.134. The SMILES string of the molecule is COc1ccc(C2C(=C(O)c3ccc([N+](=O)[O-])cc3)C(=O)C(=O)N2CCCCCC(=O)O)cc1. The number of carboxylic acids is 1. The molecular weight excluding hydrogens is 444 g/mol. The molecule has 10 heteroatoms. The molecule has 0 bridgehead atoms. The van der Waals surface area contributed by atoms with E-state index in [1.54, 1.807) is 24.3 Å². The lowest BCUT2D eigenvalue weighted by atomic mass is 9.95. The van der Waals surface area contributed by atoms with Crippen molar-refractivity contribution in [2.45, 2.75) is 31.7 Å². The molecule has 1 aliphatic rings. The highest BCUT2D eigenvalue weighted by atomic mass is 16.6. The van der Waals surface area contributed by atoms with Crippen molar-refractivity contribution in [1.82, 2.24) is 4.90 Å². The maximum Gasteiger partial charge on any atom is 0.303 e. The van der Waals surface area contributed by atoms with Crippen LogP contribution in [-0.4, -0.2) is 51.4 Å². The molecule has 0 aliphatic carbocycles. The average molecular weight is 468 g/mol. The number of carbonyl (C=O) groups excluding carboxylic acids is 2. The number of nitro groups is 1. The first-order valence-electron chi connectivity index (χ1n) is 10.6. The number of Topliss-reactive ketones (excluding diaryl/α,β-unsaturated/α-hetero) is 1. The van der Waals surface area contributed by atoms with Crippen LogP contribution < -0.4 is 4.74 Å². The largest absolute Gasteiger partial charge is 0.507 e. The first-order valence-corrected chi connectivity index (χ1v) is 10.6. The van der Waals surface area contributed by atoms with Gasteiger partial charge in [0.05, 0.1) is 23.6 Å². The fraction of sp³-hybridized carbons (Fsp3) is 0.292. The topological polar surface area (TPSA) is 147 Å². The smallest absolute Gasteiger partial charge is 0.303 e. The minimum atomic E-state index is -0.901. The van der Waals surface area contributed by atoms with E-state index in [0.717, 1.165) is 0 Å². The number of likely N-dealkylation sites (tertiary alicyclic amines) is 1. The van der Waals surface area contributed by atoms with Crippen LogP contribution in [0.2, 0.25) is 0 Å². The van der Waals surface area contributed by atoms with Crippen molar-refractivity contribution in [2.24, 2.45) is 0 Å². The van der Waals surface area contributed by atoms with Gasteiger partial charge in [0.15, 0.2) is 0 Å². The number of nitrogens with zero attached hydrogens (tertiary/aromatic N) is 2. The molecule has 178 valence electrons. The Morgan fingerprint density at radius 2 is 1.68 bits per heavy atom. The Hall–Kier alpha value is -4.21. The number of rotatable bonds is 10. The number of aliphatic hydroxyl groups is 1. The molecule has 2 N–H and O–H groups in total. The van der Waals surface area contributed by atoms with Crippen LogP contribution in [0.1, 0.15) is 42.9 Å². The third-order valence-corrected chi connectivity index (χ3v) is 5.61. The molecule has 1 saturated heterocycles. The van der Waals surface area contributed by atoms with Gasteiger partial charge in [-0.05, 0) is 42.7 Å². The van der Waals surface area contributed by atoms with E-state index in [0.29, 0.717) is 30.6 Å². The Bertz CT molecular complexity index is 1120. The number of nitro benzene ring substituents is 1. The third kappa shape index (κ3) is 5.22. The first kappa shape index (κ1) is 24.4. The summed E-state index contributed by atoms with van der Waals surface area (Å²) in [7, 11) is 1.51. The van der Waals surface area contributed by atoms with Crippen molar-refractivity contribution in [1.29, 1.82) is 0 Å². The number of hydrogen-bond donors (Lipinski definition) is 2. The normalized spacial score (nSPS) is 17.1. The number of aliphatic hydroxyl groups excluding tert-OH is 1. The van der Waals surface area contributed by atoms with Gasteiger partial charge >= 0.3 is 5.97 Å². The van der Waals surface area contributed by atoms with Crippen molar-refractivity contribution in [3.05, 3.63) is 75.3 Å². The predicted molar refractivity (Wildman–Crippen MR) is 121 cm³/mol. The van der Waals surface area contributed by atoms with Crippen LogP contribution in [0, 0.1) is 10.1 Å². The Balaban J connectivity index is 1.98. The van der Waals surface area contributed by atoms with Crippen molar-refractivity contribution in [3.8, 4) is 5.75 Å². The number of benzene rings is 2. The number of carbonyl (C=O) groups is 3. The van der Waals surface area contributed by atoms with Gasteiger partial charge in [-0.3, -0.25) is 24.5 Å². The molecular formula is C24H24N2O8. The van der Waals surface area contributed by atoms with Crippen LogP contribution in [0.15, 0.2) is 54.1 Å². The predicted octanol–water partition coefficient (Wildman–Crippen LogP) is 3.67. The first-order chi connectivity index (χ1) is 16.2. The van der Waals surface area contributed by atoms with Crippen LogP contribution in [0.3, 0.4) is 0 Å². The summed E-state index contributed by atoms with van der Waals surface area (Å²) in [6.07, 6.45) is 1.48. The zero-order chi connectivity index (χ0) is 24.8. The zero-order valence-electron chi connectivity index (χ0n) is 18.5. The second-order valence-electron chi connectivity index (χ2n) is 7.77. The summed E-state index contributed by atoms with van der Waals surface area (Å²) in [6.45, 7) is 0.192. The minimum absolute atomic E-state index is 0.0148. The number of amides is 1. The Labute approximate surface area is 195 Å². The van der Waals surface area contributed by atoms with E-state index < -0.39 is 34.4 Å². The summed E-state index contributed by atoms with van der Waals surface area (Å²) in [5.41, 5.74) is 0.456. The Morgan fingerprint density at radius 3 is 2.24 bits per heavy atom. The number of non-ortho nitro benzene ring substituents is 1. The summed E-state index contributed by atoms with van der Waals surface area (Å²) < 4.78 is 5.17. The molecule has 1 fully saturated rings. The highest BCUT2D eigenvalue weighted by molar-refractivity contribution is 6.46. The lowest BCUT2D eigenvalue weighted by Crippen LogP contribution is -2.30. The van der Waals surface area contributed by atoms with Gasteiger partial charge in [-0.2, -0.15) is 0 Å². The van der Waals surface area contributed by atoms with Crippen molar-refractivity contribution < 1.29 is 34.3 Å². The van der Waals surface area contributed by atoms with E-state index in [1.807, 2.05) is 0 Å². The zero-order valence-corrected chi connectivity index (χ0v) is 18.5. The van der Waals surface area contributed by atoms with E-state index in [1.165, 1.54) is 36.3 Å². The molecule has 0 saturated carbocycles. The van der Waals surface area contributed by atoms with E-state index in [9.17, 15) is 29.6 Å². The number of unbranched alkanes of at least 4 members (excludes halogenated alkanes) is 2. The second kappa shape index (κ2) is 10.6. The summed E-state index contributed by atoms with van der Waals surface area (Å²) in [5, 5.41) is 30.7. The lowest BCUT2D eigenvalue weighted by Gasteiger charge is -2.25. The number of aliphatic carboxylic acids is 1. The summed E-state index contributed by atoms with van der Waals surface area (Å²) >= 11 is 0. The number of ether oxygens (including phenoxy) is 1. The van der Waals surface area contributed by atoms with Crippen LogP contribution in [0.5, 0.6) is 5.75 Å². The highest BCUT2D eigenvalue weighted by Crippen LogP contribution is 2.40. The Morgan fingerprint density at radius 1 is 1.03 bits per heavy atom. The number of ketones is 1. The van der Waals surface area contributed by atoms with Crippen LogP contribution in [0.25, 0.3) is 5.76 Å². The third-order valence-electron chi connectivity index (χ3n) is 5.61. The molecule has 0 spiro atoms. The molecule has 2 aromatic carbocycles. The molecule has 2 aromatic rings. The molecule has 1 atom stereocenters. The van der Waals surface area contributed by atoms with E-state index in [4.69, 9.17) is 9.84 Å². The molecule has 0 radical (unpaired) electrons. The van der Waals surface area contributed by atoms with Crippen LogP contribution >= 0.6 is 0 Å². The molecule has 1 amide bonds. The van der Waals surface area contributed by atoms with Gasteiger partial charge in [-0.15, -0.1) is 0 Å². The highest BCUT2D eigenvalue weighted by Gasteiger charge is 2.45. The fourth-order valence-corrected chi connectivity index (χ4v) is 3.88. The van der Waals surface area contributed by atoms with Gasteiger partial charge < -0.3 is 19.8 Å². The van der Waals surface area contributed by atoms with Gasteiger partial charge in [0.25, 0.3) is 17.4 Å². The van der Waals surface area contributed by atoms with Crippen molar-refractivity contribution in [2.75, 3.05) is 13.7 Å². The monoisotopic (exact) mass is 468 g/mol. The summed E-state index contributed by atoms with van der Waals surface area (Å²) in [4.78, 5) is 48.3. The van der Waals surface area contributed by atoms with Crippen LogP contribution in [-0.2, 0) is 14.4 Å². The maximum atomic E-state index is 13.0. The molecule has 1 unspecified atom stereocenters. The molecule has 0 aromatic heterocycles. The molecule has 34 heavy (non-hydrogen) atoms.